The summed E-state index contributed by atoms with van der Waals surface area (Å²) >= 11 is 3.34. The number of nitrogens with one attached hydrogen (secondary N) is 1. The fourth-order valence-corrected chi connectivity index (χ4v) is 2.59. The molecule has 1 aromatic rings. The van der Waals surface area contributed by atoms with Crippen LogP contribution in [0.25, 0.3) is 0 Å². The van der Waals surface area contributed by atoms with E-state index in [0.29, 0.717) is 5.69 Å². The molecule has 1 fully saturated rings. The number of nitrogens with zero attached hydrogens (tertiary/aromatic N) is 2. The Morgan fingerprint density at radius 2 is 2.10 bits per heavy atom. The fourth-order valence-electron chi connectivity index (χ4n) is 2.15. The first-order chi connectivity index (χ1) is 9.31. The maximum absolute atomic E-state index is 12.6. The zero-order valence-electron chi connectivity index (χ0n) is 11.5. The molecule has 7 heteroatoms. The number of halogens is 1. The highest BCUT2D eigenvalue weighted by Crippen LogP contribution is 2.22. The molecule has 20 heavy (non-hydrogen) atoms. The van der Waals surface area contributed by atoms with Crippen LogP contribution in [0.4, 0.5) is 0 Å². The van der Waals surface area contributed by atoms with Crippen LogP contribution in [0.1, 0.15) is 37.3 Å². The maximum atomic E-state index is 12.6. The summed E-state index contributed by atoms with van der Waals surface area (Å²) in [5.74, 6) is -1.22. The first-order valence-electron chi connectivity index (χ1n) is 6.33. The van der Waals surface area contributed by atoms with Gasteiger partial charge < -0.3 is 9.47 Å². The van der Waals surface area contributed by atoms with Crippen LogP contribution in [0, 0.1) is 0 Å². The van der Waals surface area contributed by atoms with Crippen molar-refractivity contribution >= 4 is 33.7 Å². The summed E-state index contributed by atoms with van der Waals surface area (Å²) in [6, 6.07) is 1.14. The molecule has 108 valence electrons. The standard InChI is InChI=1S/C13H16BrN3O3/c1-7(2)16-5-9(14)4-10(16)13(20)17-6-11(18)15-12(19)8(17)3/h4-5,7-8H,6H2,1-3H3,(H,15,18,19). The molecule has 1 saturated heterocycles. The number of piperazine rings is 1. The number of carbonyl (C=O) groups is 3. The highest BCUT2D eigenvalue weighted by molar-refractivity contribution is 9.10. The van der Waals surface area contributed by atoms with Gasteiger partial charge in [-0.05, 0) is 42.8 Å². The van der Waals surface area contributed by atoms with Crippen LogP contribution in [-0.4, -0.2) is 39.8 Å². The molecule has 0 saturated carbocycles. The van der Waals surface area contributed by atoms with Crippen molar-refractivity contribution in [2.75, 3.05) is 6.54 Å². The van der Waals surface area contributed by atoms with Crippen molar-refractivity contribution in [2.24, 2.45) is 0 Å². The molecule has 1 N–H and O–H groups in total. The van der Waals surface area contributed by atoms with E-state index in [1.807, 2.05) is 24.6 Å². The second kappa shape index (κ2) is 5.40. The first-order valence-corrected chi connectivity index (χ1v) is 7.12. The van der Waals surface area contributed by atoms with Crippen LogP contribution in [0.5, 0.6) is 0 Å². The predicted molar refractivity (Wildman–Crippen MR) is 76.2 cm³/mol. The van der Waals surface area contributed by atoms with Gasteiger partial charge in [-0.3, -0.25) is 19.7 Å². The van der Waals surface area contributed by atoms with Gasteiger partial charge in [-0.25, -0.2) is 0 Å². The lowest BCUT2D eigenvalue weighted by atomic mass is 10.2. The van der Waals surface area contributed by atoms with Crippen LogP contribution >= 0.6 is 15.9 Å². The molecule has 6 nitrogen and oxygen atoms in total. The first kappa shape index (κ1) is 14.8. The minimum atomic E-state index is -0.658. The van der Waals surface area contributed by atoms with Gasteiger partial charge in [0.2, 0.25) is 11.8 Å². The number of imide groups is 1. The van der Waals surface area contributed by atoms with Gasteiger partial charge in [0.25, 0.3) is 5.91 Å². The molecule has 1 aliphatic rings. The minimum absolute atomic E-state index is 0.102. The molecule has 1 aliphatic heterocycles. The number of hydrogen-bond donors (Lipinski definition) is 1. The monoisotopic (exact) mass is 341 g/mol. The summed E-state index contributed by atoms with van der Waals surface area (Å²) in [5, 5.41) is 2.22. The lowest BCUT2D eigenvalue weighted by molar-refractivity contribution is -0.138. The van der Waals surface area contributed by atoms with Crippen LogP contribution in [0.15, 0.2) is 16.7 Å². The van der Waals surface area contributed by atoms with E-state index >= 15 is 0 Å². The molecule has 1 atom stereocenters. The molecule has 2 rings (SSSR count). The van der Waals surface area contributed by atoms with Crippen molar-refractivity contribution in [3.8, 4) is 0 Å². The van der Waals surface area contributed by atoms with Gasteiger partial charge in [0.05, 0.1) is 0 Å². The number of rotatable bonds is 2. The third-order valence-corrected chi connectivity index (χ3v) is 3.71. The summed E-state index contributed by atoms with van der Waals surface area (Å²) in [6.45, 7) is 5.42. The molecule has 0 radical (unpaired) electrons. The Morgan fingerprint density at radius 1 is 1.45 bits per heavy atom. The molecule has 1 aromatic heterocycles. The summed E-state index contributed by atoms with van der Waals surface area (Å²) in [4.78, 5) is 37.0. The Balaban J connectivity index is 2.35. The van der Waals surface area contributed by atoms with E-state index in [1.54, 1.807) is 13.0 Å². The van der Waals surface area contributed by atoms with Gasteiger partial charge >= 0.3 is 0 Å². The second-order valence-corrected chi connectivity index (χ2v) is 5.98. The van der Waals surface area contributed by atoms with Gasteiger partial charge in [-0.1, -0.05) is 0 Å². The summed E-state index contributed by atoms with van der Waals surface area (Å²) in [5.41, 5.74) is 0.459. The van der Waals surface area contributed by atoms with Crippen molar-refractivity contribution in [3.05, 3.63) is 22.4 Å². The highest BCUT2D eigenvalue weighted by Gasteiger charge is 2.35. The van der Waals surface area contributed by atoms with Crippen LogP contribution < -0.4 is 5.32 Å². The van der Waals surface area contributed by atoms with E-state index in [-0.39, 0.29) is 18.5 Å². The van der Waals surface area contributed by atoms with E-state index in [9.17, 15) is 14.4 Å². The van der Waals surface area contributed by atoms with Crippen LogP contribution in [-0.2, 0) is 9.59 Å². The zero-order valence-corrected chi connectivity index (χ0v) is 13.1. The van der Waals surface area contributed by atoms with Crippen LogP contribution in [0.3, 0.4) is 0 Å². The molecule has 2 heterocycles. The maximum Gasteiger partial charge on any atom is 0.271 e. The number of aromatic nitrogens is 1. The van der Waals surface area contributed by atoms with Crippen molar-refractivity contribution < 1.29 is 14.4 Å². The average Bonchev–Trinajstić information content (AvgIpc) is 2.75. The Morgan fingerprint density at radius 3 is 2.70 bits per heavy atom. The van der Waals surface area contributed by atoms with Gasteiger partial charge in [-0.15, -0.1) is 0 Å². The van der Waals surface area contributed by atoms with E-state index in [4.69, 9.17) is 0 Å². The van der Waals surface area contributed by atoms with Crippen molar-refractivity contribution in [1.29, 1.82) is 0 Å². The topological polar surface area (TPSA) is 71.4 Å². The normalized spacial score (nSPS) is 19.4. The largest absolute Gasteiger partial charge is 0.340 e. The average molecular weight is 342 g/mol. The Labute approximate surface area is 125 Å². The summed E-state index contributed by atoms with van der Waals surface area (Å²) in [6.07, 6.45) is 1.81. The van der Waals surface area contributed by atoms with Crippen molar-refractivity contribution in [3.63, 3.8) is 0 Å². The lowest BCUT2D eigenvalue weighted by Gasteiger charge is -2.32. The molecular formula is C13H16BrN3O3. The lowest BCUT2D eigenvalue weighted by Crippen LogP contribution is -2.58. The molecule has 0 spiro atoms. The minimum Gasteiger partial charge on any atom is -0.340 e. The quantitative estimate of drug-likeness (QED) is 0.824. The molecule has 3 amide bonds. The fraction of sp³-hybridized carbons (Fsp3) is 0.462. The Hall–Kier alpha value is -1.63. The summed E-state index contributed by atoms with van der Waals surface area (Å²) in [7, 11) is 0. The Bertz CT molecular complexity index is 579. The Kier molecular flexibility index (Phi) is 3.99. The molecule has 0 bridgehead atoms. The molecule has 1 unspecified atom stereocenters. The molecular weight excluding hydrogens is 326 g/mol. The van der Waals surface area contributed by atoms with E-state index < -0.39 is 17.9 Å². The van der Waals surface area contributed by atoms with E-state index in [1.165, 1.54) is 4.90 Å². The van der Waals surface area contributed by atoms with Crippen LogP contribution in [0.2, 0.25) is 0 Å². The SMILES string of the molecule is CC1C(=O)NC(=O)CN1C(=O)c1cc(Br)cn1C(C)C. The number of amides is 3. The summed E-state index contributed by atoms with van der Waals surface area (Å²) < 4.78 is 2.60. The van der Waals surface area contributed by atoms with Crippen molar-refractivity contribution in [1.82, 2.24) is 14.8 Å². The van der Waals surface area contributed by atoms with Gasteiger partial charge in [-0.2, -0.15) is 0 Å². The number of carbonyl (C=O) groups excluding carboxylic acids is 3. The third-order valence-electron chi connectivity index (χ3n) is 3.28. The van der Waals surface area contributed by atoms with E-state index in [2.05, 4.69) is 21.2 Å². The zero-order chi connectivity index (χ0) is 15.0. The van der Waals surface area contributed by atoms with E-state index in [0.717, 1.165) is 4.47 Å². The smallest absolute Gasteiger partial charge is 0.271 e. The second-order valence-electron chi connectivity index (χ2n) is 5.07. The van der Waals surface area contributed by atoms with Gasteiger partial charge in [0.15, 0.2) is 0 Å². The predicted octanol–water partition coefficient (Wildman–Crippen LogP) is 1.32. The third kappa shape index (κ3) is 2.63. The van der Waals surface area contributed by atoms with Gasteiger partial charge in [0.1, 0.15) is 18.3 Å². The molecule has 0 aliphatic carbocycles. The number of hydrogen-bond acceptors (Lipinski definition) is 3. The van der Waals surface area contributed by atoms with Gasteiger partial charge in [0, 0.05) is 16.7 Å². The molecule has 0 aromatic carbocycles. The highest BCUT2D eigenvalue weighted by atomic mass is 79.9. The van der Waals surface area contributed by atoms with Crippen molar-refractivity contribution in [2.45, 2.75) is 32.9 Å².